The molecule has 4 rings (SSSR count). The van der Waals surface area contributed by atoms with Gasteiger partial charge in [0, 0.05) is 18.5 Å². The lowest BCUT2D eigenvalue weighted by molar-refractivity contribution is 0.0903. The molecule has 1 fully saturated rings. The lowest BCUT2D eigenvalue weighted by Gasteiger charge is -2.12. The third-order valence-corrected chi connectivity index (χ3v) is 4.80. The van der Waals surface area contributed by atoms with Crippen molar-refractivity contribution in [2.75, 3.05) is 13.2 Å². The van der Waals surface area contributed by atoms with Crippen LogP contribution in [0, 0.1) is 0 Å². The quantitative estimate of drug-likeness (QED) is 0.756. The van der Waals surface area contributed by atoms with Crippen molar-refractivity contribution in [3.63, 3.8) is 0 Å². The highest BCUT2D eigenvalue weighted by molar-refractivity contribution is 6.04. The molecule has 0 spiro atoms. The van der Waals surface area contributed by atoms with Gasteiger partial charge in [0.15, 0.2) is 5.69 Å². The summed E-state index contributed by atoms with van der Waals surface area (Å²) in [6.45, 7) is 1.32. The fourth-order valence-electron chi connectivity index (χ4n) is 3.40. The van der Waals surface area contributed by atoms with Gasteiger partial charge in [-0.1, -0.05) is 36.4 Å². The van der Waals surface area contributed by atoms with Crippen LogP contribution in [0.2, 0.25) is 0 Å². The largest absolute Gasteiger partial charge is 0.378 e. The average molecular weight is 363 g/mol. The predicted molar refractivity (Wildman–Crippen MR) is 103 cm³/mol. The number of carbonyl (C=O) groups is 1. The first kappa shape index (κ1) is 17.4. The SMILES string of the molecule is O=C(NCCC1CCCO1)c1nn(-c2ccccc2)c(=O)c2ccccc12. The standard InChI is InChI=1S/C21H21N3O3/c25-20(22-13-12-16-9-6-14-27-16)19-17-10-4-5-11-18(17)21(26)24(23-19)15-7-2-1-3-8-15/h1-5,7-8,10-11,16H,6,9,12-14H2,(H,22,25). The van der Waals surface area contributed by atoms with Crippen LogP contribution in [-0.2, 0) is 4.74 Å². The molecular formula is C21H21N3O3. The normalized spacial score (nSPS) is 16.5. The van der Waals surface area contributed by atoms with Crippen molar-refractivity contribution in [3.8, 4) is 5.69 Å². The molecule has 0 bridgehead atoms. The molecule has 3 aromatic rings. The number of hydrogen-bond donors (Lipinski definition) is 1. The van der Waals surface area contributed by atoms with Crippen molar-refractivity contribution in [3.05, 3.63) is 70.6 Å². The summed E-state index contributed by atoms with van der Waals surface area (Å²) >= 11 is 0. The minimum atomic E-state index is -0.283. The van der Waals surface area contributed by atoms with Crippen LogP contribution in [0.4, 0.5) is 0 Å². The number of para-hydroxylation sites is 1. The highest BCUT2D eigenvalue weighted by Crippen LogP contribution is 2.16. The first-order valence-corrected chi connectivity index (χ1v) is 9.21. The Morgan fingerprint density at radius 1 is 1.11 bits per heavy atom. The molecule has 1 N–H and O–H groups in total. The molecule has 1 aliphatic rings. The van der Waals surface area contributed by atoms with Crippen LogP contribution in [0.25, 0.3) is 16.5 Å². The number of ether oxygens (including phenoxy) is 1. The van der Waals surface area contributed by atoms with Gasteiger partial charge < -0.3 is 10.1 Å². The topological polar surface area (TPSA) is 73.2 Å². The fraction of sp³-hybridized carbons (Fsp3) is 0.286. The summed E-state index contributed by atoms with van der Waals surface area (Å²) < 4.78 is 6.88. The third kappa shape index (κ3) is 3.61. The zero-order chi connectivity index (χ0) is 18.6. The second kappa shape index (κ2) is 7.72. The first-order chi connectivity index (χ1) is 13.2. The second-order valence-corrected chi connectivity index (χ2v) is 6.63. The van der Waals surface area contributed by atoms with E-state index in [9.17, 15) is 9.59 Å². The van der Waals surface area contributed by atoms with E-state index in [1.807, 2.05) is 18.2 Å². The molecule has 0 radical (unpaired) electrons. The van der Waals surface area contributed by atoms with Crippen molar-refractivity contribution in [1.29, 1.82) is 0 Å². The lowest BCUT2D eigenvalue weighted by atomic mass is 10.1. The summed E-state index contributed by atoms with van der Waals surface area (Å²) in [6.07, 6.45) is 3.11. The number of fused-ring (bicyclic) bond motifs is 1. The van der Waals surface area contributed by atoms with Gasteiger partial charge in [-0.15, -0.1) is 0 Å². The van der Waals surface area contributed by atoms with Crippen molar-refractivity contribution in [2.24, 2.45) is 0 Å². The number of benzene rings is 2. The Kier molecular flexibility index (Phi) is 4.98. The molecule has 0 aliphatic carbocycles. The molecule has 0 saturated carbocycles. The molecule has 2 aromatic carbocycles. The molecule has 27 heavy (non-hydrogen) atoms. The molecule has 2 heterocycles. The maximum Gasteiger partial charge on any atom is 0.279 e. The Balaban J connectivity index is 1.67. The number of nitrogens with zero attached hydrogens (tertiary/aromatic N) is 2. The fourth-order valence-corrected chi connectivity index (χ4v) is 3.40. The van der Waals surface area contributed by atoms with Gasteiger partial charge in [0.1, 0.15) is 0 Å². The van der Waals surface area contributed by atoms with E-state index in [4.69, 9.17) is 4.74 Å². The zero-order valence-electron chi connectivity index (χ0n) is 14.9. The molecule has 138 valence electrons. The van der Waals surface area contributed by atoms with Gasteiger partial charge in [-0.3, -0.25) is 9.59 Å². The maximum atomic E-state index is 12.8. The number of nitrogens with one attached hydrogen (secondary N) is 1. The molecule has 1 atom stereocenters. The average Bonchev–Trinajstić information content (AvgIpc) is 3.22. The van der Waals surface area contributed by atoms with E-state index in [0.29, 0.717) is 23.0 Å². The van der Waals surface area contributed by atoms with Crippen LogP contribution in [0.3, 0.4) is 0 Å². The van der Waals surface area contributed by atoms with E-state index >= 15 is 0 Å². The van der Waals surface area contributed by atoms with E-state index in [0.717, 1.165) is 25.9 Å². The van der Waals surface area contributed by atoms with E-state index in [1.54, 1.807) is 36.4 Å². The third-order valence-electron chi connectivity index (χ3n) is 4.80. The van der Waals surface area contributed by atoms with Gasteiger partial charge in [-0.2, -0.15) is 9.78 Å². The lowest BCUT2D eigenvalue weighted by Crippen LogP contribution is -2.31. The number of aromatic nitrogens is 2. The molecule has 6 heteroatoms. The highest BCUT2D eigenvalue weighted by atomic mass is 16.5. The molecule has 1 aliphatic heterocycles. The Bertz CT molecular complexity index is 1010. The molecule has 1 unspecified atom stereocenters. The summed E-state index contributed by atoms with van der Waals surface area (Å²) in [7, 11) is 0. The molecule has 1 aromatic heterocycles. The van der Waals surface area contributed by atoms with Gasteiger partial charge in [0.05, 0.1) is 17.2 Å². The van der Waals surface area contributed by atoms with Crippen molar-refractivity contribution in [2.45, 2.75) is 25.4 Å². The molecule has 6 nitrogen and oxygen atoms in total. The first-order valence-electron chi connectivity index (χ1n) is 9.21. The monoisotopic (exact) mass is 363 g/mol. The van der Waals surface area contributed by atoms with Crippen molar-refractivity contribution >= 4 is 16.7 Å². The van der Waals surface area contributed by atoms with Gasteiger partial charge in [-0.05, 0) is 37.5 Å². The zero-order valence-corrected chi connectivity index (χ0v) is 14.9. The number of amides is 1. The minimum absolute atomic E-state index is 0.216. The highest BCUT2D eigenvalue weighted by Gasteiger charge is 2.19. The van der Waals surface area contributed by atoms with Crippen LogP contribution >= 0.6 is 0 Å². The second-order valence-electron chi connectivity index (χ2n) is 6.63. The summed E-state index contributed by atoms with van der Waals surface area (Å²) in [5.41, 5.74) is 0.635. The van der Waals surface area contributed by atoms with Crippen LogP contribution in [0.5, 0.6) is 0 Å². The Hall–Kier alpha value is -2.99. The molecule has 1 saturated heterocycles. The van der Waals surface area contributed by atoms with E-state index in [2.05, 4.69) is 10.4 Å². The minimum Gasteiger partial charge on any atom is -0.378 e. The predicted octanol–water partition coefficient (Wildman–Crippen LogP) is 2.68. The summed E-state index contributed by atoms with van der Waals surface area (Å²) in [5.74, 6) is -0.283. The Labute approximate surface area is 156 Å². The van der Waals surface area contributed by atoms with Gasteiger partial charge in [0.25, 0.3) is 11.5 Å². The maximum absolute atomic E-state index is 12.8. The Morgan fingerprint density at radius 2 is 1.85 bits per heavy atom. The van der Waals surface area contributed by atoms with Crippen molar-refractivity contribution < 1.29 is 9.53 Å². The van der Waals surface area contributed by atoms with Gasteiger partial charge in [-0.25, -0.2) is 0 Å². The summed E-state index contributed by atoms with van der Waals surface area (Å²) in [5, 5.41) is 8.33. The number of carbonyl (C=O) groups excluding carboxylic acids is 1. The molecule has 1 amide bonds. The van der Waals surface area contributed by atoms with E-state index in [1.165, 1.54) is 4.68 Å². The van der Waals surface area contributed by atoms with Crippen LogP contribution in [-0.4, -0.2) is 34.9 Å². The van der Waals surface area contributed by atoms with Crippen LogP contribution < -0.4 is 10.9 Å². The van der Waals surface area contributed by atoms with Crippen molar-refractivity contribution in [1.82, 2.24) is 15.1 Å². The number of rotatable bonds is 5. The van der Waals surface area contributed by atoms with Crippen LogP contribution in [0.1, 0.15) is 29.8 Å². The van der Waals surface area contributed by atoms with Crippen LogP contribution in [0.15, 0.2) is 59.4 Å². The molecular weight excluding hydrogens is 342 g/mol. The van der Waals surface area contributed by atoms with Gasteiger partial charge >= 0.3 is 0 Å². The number of hydrogen-bond acceptors (Lipinski definition) is 4. The van der Waals surface area contributed by atoms with E-state index < -0.39 is 0 Å². The smallest absolute Gasteiger partial charge is 0.279 e. The summed E-state index contributed by atoms with van der Waals surface area (Å²) in [4.78, 5) is 25.6. The summed E-state index contributed by atoms with van der Waals surface area (Å²) in [6, 6.07) is 16.2. The Morgan fingerprint density at radius 3 is 2.59 bits per heavy atom. The van der Waals surface area contributed by atoms with E-state index in [-0.39, 0.29) is 23.3 Å². The van der Waals surface area contributed by atoms with Gasteiger partial charge in [0.2, 0.25) is 0 Å².